The second kappa shape index (κ2) is 7.78. The van der Waals surface area contributed by atoms with E-state index in [-0.39, 0.29) is 23.4 Å². The van der Waals surface area contributed by atoms with Crippen molar-refractivity contribution in [2.75, 3.05) is 26.2 Å². The Labute approximate surface area is 157 Å². The average molecular weight is 360 g/mol. The van der Waals surface area contributed by atoms with Gasteiger partial charge in [-0.3, -0.25) is 14.5 Å². The van der Waals surface area contributed by atoms with Crippen LogP contribution >= 0.6 is 0 Å². The number of piperazine rings is 1. The minimum atomic E-state index is -0.543. The molecule has 1 N–H and O–H groups in total. The van der Waals surface area contributed by atoms with Crippen LogP contribution in [0.3, 0.4) is 0 Å². The summed E-state index contributed by atoms with van der Waals surface area (Å²) in [5, 5.41) is 3.03. The van der Waals surface area contributed by atoms with Gasteiger partial charge in [-0.15, -0.1) is 0 Å². The number of carbonyl (C=O) groups is 2. The van der Waals surface area contributed by atoms with Crippen LogP contribution in [-0.2, 0) is 15.0 Å². The minimum Gasteiger partial charge on any atom is -0.350 e. The molecule has 26 heavy (non-hydrogen) atoms. The normalized spacial score (nSPS) is 17.7. The molecule has 2 amide bonds. The number of rotatable bonds is 4. The van der Waals surface area contributed by atoms with E-state index in [0.717, 1.165) is 18.7 Å². The number of nitrogens with one attached hydrogen (secondary N) is 1. The number of nitrogens with zero attached hydrogens (tertiary/aromatic N) is 2. The summed E-state index contributed by atoms with van der Waals surface area (Å²) in [5.74, 6) is 0.192. The van der Waals surface area contributed by atoms with Gasteiger partial charge in [-0.25, -0.2) is 0 Å². The third-order valence-electron chi connectivity index (χ3n) is 5.06. The third kappa shape index (κ3) is 4.85. The molecule has 0 bridgehead atoms. The molecule has 1 fully saturated rings. The highest BCUT2D eigenvalue weighted by molar-refractivity contribution is 5.87. The molecule has 1 saturated heterocycles. The highest BCUT2D eigenvalue weighted by Gasteiger charge is 2.36. The van der Waals surface area contributed by atoms with Crippen LogP contribution in [0.5, 0.6) is 0 Å². The lowest BCUT2D eigenvalue weighted by Crippen LogP contribution is -2.58. The van der Waals surface area contributed by atoms with E-state index in [1.807, 2.05) is 76.8 Å². The van der Waals surface area contributed by atoms with Crippen LogP contribution in [0.25, 0.3) is 0 Å². The van der Waals surface area contributed by atoms with E-state index in [9.17, 15) is 9.59 Å². The number of hydrogen-bond donors (Lipinski definition) is 1. The Balaban J connectivity index is 1.95. The van der Waals surface area contributed by atoms with Crippen LogP contribution in [-0.4, -0.2) is 59.4 Å². The Morgan fingerprint density at radius 2 is 1.50 bits per heavy atom. The van der Waals surface area contributed by atoms with Crippen molar-refractivity contribution in [2.45, 2.75) is 58.5 Å². The predicted octanol–water partition coefficient (Wildman–Crippen LogP) is 2.41. The van der Waals surface area contributed by atoms with E-state index in [1.165, 1.54) is 0 Å². The first-order chi connectivity index (χ1) is 12.0. The lowest BCUT2D eigenvalue weighted by atomic mass is 9.83. The van der Waals surface area contributed by atoms with Gasteiger partial charge in [-0.2, -0.15) is 0 Å². The highest BCUT2D eigenvalue weighted by atomic mass is 16.2. The Kier molecular flexibility index (Phi) is 6.12. The van der Waals surface area contributed by atoms with E-state index in [2.05, 4.69) is 10.2 Å². The summed E-state index contributed by atoms with van der Waals surface area (Å²) in [4.78, 5) is 29.5. The highest BCUT2D eigenvalue weighted by Crippen LogP contribution is 2.26. The molecule has 0 radical (unpaired) electrons. The van der Waals surface area contributed by atoms with Gasteiger partial charge in [-0.05, 0) is 47.1 Å². The summed E-state index contributed by atoms with van der Waals surface area (Å²) < 4.78 is 0. The number of hydrogen-bond acceptors (Lipinski definition) is 3. The Bertz CT molecular complexity index is 626. The first kappa shape index (κ1) is 20.4. The molecular formula is C21H33N3O2. The summed E-state index contributed by atoms with van der Waals surface area (Å²) in [6.07, 6.45) is 0. The third-order valence-corrected chi connectivity index (χ3v) is 5.06. The summed E-state index contributed by atoms with van der Waals surface area (Å²) in [6, 6.07) is 9.73. The lowest BCUT2D eigenvalue weighted by Gasteiger charge is -2.41. The van der Waals surface area contributed by atoms with Gasteiger partial charge in [0.15, 0.2) is 0 Å². The van der Waals surface area contributed by atoms with Gasteiger partial charge in [0.25, 0.3) is 0 Å². The smallest absolute Gasteiger partial charge is 0.237 e. The second-order valence-electron chi connectivity index (χ2n) is 8.73. The first-order valence-corrected chi connectivity index (χ1v) is 9.43. The van der Waals surface area contributed by atoms with Gasteiger partial charge in [0.1, 0.15) is 0 Å². The predicted molar refractivity (Wildman–Crippen MR) is 105 cm³/mol. The maximum atomic E-state index is 13.0. The van der Waals surface area contributed by atoms with Crippen LogP contribution in [0.15, 0.2) is 30.3 Å². The van der Waals surface area contributed by atoms with Gasteiger partial charge >= 0.3 is 0 Å². The molecule has 5 nitrogen and oxygen atoms in total. The van der Waals surface area contributed by atoms with Crippen LogP contribution in [0, 0.1) is 0 Å². The molecule has 0 aromatic heterocycles. The lowest BCUT2D eigenvalue weighted by molar-refractivity contribution is -0.139. The van der Waals surface area contributed by atoms with Gasteiger partial charge in [0, 0.05) is 31.7 Å². The maximum Gasteiger partial charge on any atom is 0.237 e. The van der Waals surface area contributed by atoms with Crippen molar-refractivity contribution in [3.05, 3.63) is 35.9 Å². The fraction of sp³-hybridized carbons (Fsp3) is 0.619. The monoisotopic (exact) mass is 359 g/mol. The van der Waals surface area contributed by atoms with Crippen molar-refractivity contribution in [3.8, 4) is 0 Å². The summed E-state index contributed by atoms with van der Waals surface area (Å²) in [6.45, 7) is 14.6. The summed E-state index contributed by atoms with van der Waals surface area (Å²) in [5.41, 5.74) is 0.256. The quantitative estimate of drug-likeness (QED) is 0.898. The van der Waals surface area contributed by atoms with Gasteiger partial charge < -0.3 is 10.2 Å². The fourth-order valence-corrected chi connectivity index (χ4v) is 3.33. The number of benzene rings is 1. The maximum absolute atomic E-state index is 13.0. The van der Waals surface area contributed by atoms with Gasteiger partial charge in [0.2, 0.25) is 11.8 Å². The van der Waals surface area contributed by atoms with E-state index < -0.39 is 5.41 Å². The van der Waals surface area contributed by atoms with Crippen molar-refractivity contribution >= 4 is 11.8 Å². The fourth-order valence-electron chi connectivity index (χ4n) is 3.33. The summed E-state index contributed by atoms with van der Waals surface area (Å²) in [7, 11) is 0. The molecule has 5 heteroatoms. The number of amides is 2. The van der Waals surface area contributed by atoms with Crippen LogP contribution in [0.2, 0.25) is 0 Å². The zero-order valence-electron chi connectivity index (χ0n) is 17.0. The van der Waals surface area contributed by atoms with Crippen molar-refractivity contribution in [3.63, 3.8) is 0 Å². The molecular weight excluding hydrogens is 326 g/mol. The number of carbonyl (C=O) groups excluding carboxylic acids is 2. The van der Waals surface area contributed by atoms with Crippen LogP contribution in [0.1, 0.15) is 47.1 Å². The average Bonchev–Trinajstić information content (AvgIpc) is 2.60. The molecule has 0 saturated carbocycles. The molecule has 1 heterocycles. The van der Waals surface area contributed by atoms with Crippen molar-refractivity contribution in [1.29, 1.82) is 0 Å². The van der Waals surface area contributed by atoms with E-state index in [1.54, 1.807) is 0 Å². The Morgan fingerprint density at radius 1 is 0.962 bits per heavy atom. The molecule has 144 valence electrons. The molecule has 1 aromatic rings. The first-order valence-electron chi connectivity index (χ1n) is 9.43. The molecule has 2 rings (SSSR count). The summed E-state index contributed by atoms with van der Waals surface area (Å²) >= 11 is 0. The minimum absolute atomic E-state index is 0.0434. The van der Waals surface area contributed by atoms with E-state index in [4.69, 9.17) is 0 Å². The molecule has 1 atom stereocenters. The Hall–Kier alpha value is -1.88. The second-order valence-corrected chi connectivity index (χ2v) is 8.73. The van der Waals surface area contributed by atoms with Crippen molar-refractivity contribution in [1.82, 2.24) is 15.1 Å². The largest absolute Gasteiger partial charge is 0.350 e. The van der Waals surface area contributed by atoms with Crippen LogP contribution < -0.4 is 5.32 Å². The molecule has 1 unspecified atom stereocenters. The standard InChI is InChI=1S/C21H33N3O2/c1-16(18(25)22-20(2,3)4)23-12-14-24(15-13-23)19(26)21(5,6)17-10-8-7-9-11-17/h7-11,16H,12-15H2,1-6H3,(H,22,25). The van der Waals surface area contributed by atoms with Crippen molar-refractivity contribution < 1.29 is 9.59 Å². The zero-order valence-corrected chi connectivity index (χ0v) is 17.0. The van der Waals surface area contributed by atoms with Gasteiger partial charge in [0.05, 0.1) is 11.5 Å². The van der Waals surface area contributed by atoms with E-state index in [0.29, 0.717) is 13.1 Å². The molecule has 1 aromatic carbocycles. The van der Waals surface area contributed by atoms with Crippen molar-refractivity contribution in [2.24, 2.45) is 0 Å². The SMILES string of the molecule is CC(C(=O)NC(C)(C)C)N1CCN(C(=O)C(C)(C)c2ccccc2)CC1. The Morgan fingerprint density at radius 3 is 2.00 bits per heavy atom. The molecule has 0 aliphatic carbocycles. The van der Waals surface area contributed by atoms with Gasteiger partial charge in [-0.1, -0.05) is 30.3 Å². The zero-order chi connectivity index (χ0) is 19.5. The topological polar surface area (TPSA) is 52.7 Å². The molecule has 0 spiro atoms. The van der Waals surface area contributed by atoms with Crippen LogP contribution in [0.4, 0.5) is 0 Å². The molecule has 1 aliphatic rings. The van der Waals surface area contributed by atoms with E-state index >= 15 is 0 Å². The molecule has 1 aliphatic heterocycles.